The zero-order chi connectivity index (χ0) is 42.3. The first-order valence-corrected chi connectivity index (χ1v) is 21.0. The number of ketones is 2. The van der Waals surface area contributed by atoms with Crippen molar-refractivity contribution in [1.82, 2.24) is 14.9 Å². The largest absolute Gasteiger partial charge is 0.508 e. The fraction of sp³-hybridized carbons (Fsp3) is 0.367. The van der Waals surface area contributed by atoms with Crippen molar-refractivity contribution in [2.75, 3.05) is 25.1 Å². The molecule has 60 heavy (non-hydrogen) atoms. The van der Waals surface area contributed by atoms with Gasteiger partial charge in [0.05, 0.1) is 18.8 Å². The number of ether oxygens (including phenoxy) is 2. The highest BCUT2D eigenvalue weighted by molar-refractivity contribution is 5.95. The van der Waals surface area contributed by atoms with Gasteiger partial charge < -0.3 is 39.5 Å². The Hall–Kier alpha value is -6.23. The van der Waals surface area contributed by atoms with Gasteiger partial charge in [0, 0.05) is 80.8 Å². The number of benzene rings is 3. The summed E-state index contributed by atoms with van der Waals surface area (Å²) in [5.74, 6) is 1.15. The Balaban J connectivity index is 1.39. The van der Waals surface area contributed by atoms with Crippen LogP contribution in [0.1, 0.15) is 93.5 Å². The molecule has 2 aromatic heterocycles. The molecule has 0 unspecified atom stereocenters. The van der Waals surface area contributed by atoms with Crippen LogP contribution >= 0.6 is 0 Å². The number of anilines is 1. The summed E-state index contributed by atoms with van der Waals surface area (Å²) in [6.07, 6.45) is 16.3. The molecule has 4 N–H and O–H groups in total. The quantitative estimate of drug-likeness (QED) is 0.113. The third-order valence-electron chi connectivity index (χ3n) is 12.0. The molecular formula is C49H56N4O7. The topological polar surface area (TPSA) is 146 Å². The Morgan fingerprint density at radius 2 is 1.70 bits per heavy atom. The highest BCUT2D eigenvalue weighted by atomic mass is 16.5. The third kappa shape index (κ3) is 9.79. The molecule has 0 amide bonds. The van der Waals surface area contributed by atoms with Gasteiger partial charge in [0.15, 0.2) is 11.5 Å². The summed E-state index contributed by atoms with van der Waals surface area (Å²) in [6, 6.07) is 18.2. The molecule has 0 aliphatic carbocycles. The minimum atomic E-state index is -0.578. The number of carbonyl (C=O) groups is 3. The molecule has 2 aliphatic heterocycles. The third-order valence-corrected chi connectivity index (χ3v) is 12.0. The lowest BCUT2D eigenvalue weighted by Gasteiger charge is -2.32. The number of hydrogen-bond donors (Lipinski definition) is 4. The van der Waals surface area contributed by atoms with E-state index < -0.39 is 18.1 Å². The predicted molar refractivity (Wildman–Crippen MR) is 233 cm³/mol. The van der Waals surface area contributed by atoms with E-state index in [4.69, 9.17) is 9.47 Å². The number of allylic oxidation sites excluding steroid dienone is 2. The van der Waals surface area contributed by atoms with Crippen LogP contribution in [0, 0.1) is 5.92 Å². The first kappa shape index (κ1) is 41.9. The van der Waals surface area contributed by atoms with Gasteiger partial charge in [-0.1, -0.05) is 49.8 Å². The number of phenolic OH excluding ortho intramolecular Hbond substituents is 2. The molecule has 11 heteroatoms. The van der Waals surface area contributed by atoms with Gasteiger partial charge in [-0.25, -0.2) is 0 Å². The van der Waals surface area contributed by atoms with Crippen LogP contribution in [0.2, 0.25) is 0 Å². The lowest BCUT2D eigenvalue weighted by atomic mass is 9.82. The van der Waals surface area contributed by atoms with E-state index in [2.05, 4.69) is 58.8 Å². The number of aromatic nitrogens is 2. The second-order valence-electron chi connectivity index (χ2n) is 16.2. The first-order chi connectivity index (χ1) is 29.0. The summed E-state index contributed by atoms with van der Waals surface area (Å²) >= 11 is 0. The van der Waals surface area contributed by atoms with Crippen molar-refractivity contribution < 1.29 is 34.1 Å². The van der Waals surface area contributed by atoms with Gasteiger partial charge in [0.1, 0.15) is 29.2 Å². The molecule has 0 saturated heterocycles. The van der Waals surface area contributed by atoms with Crippen LogP contribution in [0.5, 0.6) is 17.2 Å². The number of carbonyl (C=O) groups excluding carboxylic acids is 3. The molecule has 4 bridgehead atoms. The van der Waals surface area contributed by atoms with Crippen LogP contribution in [0.15, 0.2) is 109 Å². The molecule has 2 aliphatic rings. The first-order valence-electron chi connectivity index (χ1n) is 21.0. The summed E-state index contributed by atoms with van der Waals surface area (Å²) in [5.41, 5.74) is 6.16. The Labute approximate surface area is 351 Å². The van der Waals surface area contributed by atoms with Gasteiger partial charge in [0.2, 0.25) is 0 Å². The number of nitrogens with one attached hydrogen (secondary N) is 2. The van der Waals surface area contributed by atoms with Gasteiger partial charge in [0.25, 0.3) is 0 Å². The van der Waals surface area contributed by atoms with Crippen molar-refractivity contribution >= 4 is 34.0 Å². The normalized spacial score (nSPS) is 20.3. The van der Waals surface area contributed by atoms with E-state index in [1.165, 1.54) is 25.2 Å². The van der Waals surface area contributed by atoms with Crippen molar-refractivity contribution in [1.29, 1.82) is 0 Å². The second kappa shape index (κ2) is 18.8. The summed E-state index contributed by atoms with van der Waals surface area (Å²) in [5, 5.41) is 26.7. The summed E-state index contributed by atoms with van der Waals surface area (Å²) in [6.45, 7) is 6.16. The highest BCUT2D eigenvalue weighted by Crippen LogP contribution is 2.39. The van der Waals surface area contributed by atoms with Gasteiger partial charge in [-0.05, 0) is 103 Å². The number of esters is 1. The SMILES string of the molecule is CC[C@@H]1CC[C@@H](OC(C)=O)CC(=O)C[C@H](c2ccc(O)c(OC)c2)n2cc3cccc(c3c2)N(CCC(C)=O)C2=CC(=CCN2)[C@H](c2cccc(O)c2)Cc2c[nH]cc2C1. The molecule has 4 heterocycles. The van der Waals surface area contributed by atoms with E-state index in [0.717, 1.165) is 58.2 Å². The van der Waals surface area contributed by atoms with Gasteiger partial charge >= 0.3 is 5.97 Å². The average Bonchev–Trinajstić information content (AvgIpc) is 3.87. The number of hydrogen-bond acceptors (Lipinski definition) is 9. The molecule has 0 spiro atoms. The molecule has 11 nitrogen and oxygen atoms in total. The van der Waals surface area contributed by atoms with Crippen molar-refractivity contribution in [3.8, 4) is 17.2 Å². The number of rotatable bonds is 8. The summed E-state index contributed by atoms with van der Waals surface area (Å²) in [4.78, 5) is 44.8. The van der Waals surface area contributed by atoms with Crippen molar-refractivity contribution in [3.05, 3.63) is 131 Å². The molecule has 0 radical (unpaired) electrons. The minimum Gasteiger partial charge on any atom is -0.508 e. The highest BCUT2D eigenvalue weighted by Gasteiger charge is 2.28. The van der Waals surface area contributed by atoms with Crippen LogP contribution in [0.4, 0.5) is 5.69 Å². The number of phenols is 2. The lowest BCUT2D eigenvalue weighted by Crippen LogP contribution is -2.35. The smallest absolute Gasteiger partial charge is 0.302 e. The molecule has 314 valence electrons. The second-order valence-corrected chi connectivity index (χ2v) is 16.2. The van der Waals surface area contributed by atoms with E-state index >= 15 is 0 Å². The van der Waals surface area contributed by atoms with Crippen LogP contribution in [-0.2, 0) is 32.0 Å². The van der Waals surface area contributed by atoms with Crippen LogP contribution < -0.4 is 15.0 Å². The van der Waals surface area contributed by atoms with Crippen molar-refractivity contribution in [2.45, 2.75) is 90.2 Å². The van der Waals surface area contributed by atoms with E-state index in [9.17, 15) is 24.6 Å². The van der Waals surface area contributed by atoms with E-state index in [1.807, 2.05) is 41.2 Å². The van der Waals surface area contributed by atoms with Crippen LogP contribution in [0.25, 0.3) is 10.8 Å². The Bertz CT molecular complexity index is 2410. The minimum absolute atomic E-state index is 0.00325. The molecule has 3 aromatic carbocycles. The number of fused-ring (bicyclic) bond motifs is 3. The summed E-state index contributed by atoms with van der Waals surface area (Å²) < 4.78 is 13.4. The van der Waals surface area contributed by atoms with Gasteiger partial charge in [-0.15, -0.1) is 0 Å². The van der Waals surface area contributed by atoms with Crippen LogP contribution in [0.3, 0.4) is 0 Å². The van der Waals surface area contributed by atoms with Crippen molar-refractivity contribution in [3.63, 3.8) is 0 Å². The molecule has 4 atom stereocenters. The van der Waals surface area contributed by atoms with Gasteiger partial charge in [-0.3, -0.25) is 14.4 Å². The zero-order valence-corrected chi connectivity index (χ0v) is 34.9. The zero-order valence-electron chi connectivity index (χ0n) is 34.9. The number of methoxy groups -OCH3 is 1. The van der Waals surface area contributed by atoms with E-state index in [-0.39, 0.29) is 47.7 Å². The fourth-order valence-electron chi connectivity index (χ4n) is 8.85. The van der Waals surface area contributed by atoms with Crippen molar-refractivity contribution in [2.24, 2.45) is 5.92 Å². The number of dihydropyridines is 1. The molecular weight excluding hydrogens is 757 g/mol. The maximum absolute atomic E-state index is 14.2. The van der Waals surface area contributed by atoms with E-state index in [1.54, 1.807) is 31.2 Å². The Morgan fingerprint density at radius 3 is 2.45 bits per heavy atom. The van der Waals surface area contributed by atoms with E-state index in [0.29, 0.717) is 38.1 Å². The maximum atomic E-state index is 14.2. The summed E-state index contributed by atoms with van der Waals surface area (Å²) in [7, 11) is 1.50. The molecule has 0 saturated carbocycles. The predicted octanol–water partition coefficient (Wildman–Crippen LogP) is 8.81. The monoisotopic (exact) mass is 812 g/mol. The number of aromatic amines is 1. The lowest BCUT2D eigenvalue weighted by molar-refractivity contribution is -0.148. The molecule has 5 aromatic rings. The Kier molecular flexibility index (Phi) is 13.1. The fourth-order valence-corrected chi connectivity index (χ4v) is 8.85. The Morgan fingerprint density at radius 1 is 0.900 bits per heavy atom. The number of nitrogens with zero attached hydrogens (tertiary/aromatic N) is 2. The molecule has 0 fully saturated rings. The van der Waals surface area contributed by atoms with Crippen LogP contribution in [-0.4, -0.2) is 63.6 Å². The van der Waals surface area contributed by atoms with Gasteiger partial charge in [-0.2, -0.15) is 0 Å². The maximum Gasteiger partial charge on any atom is 0.302 e. The number of H-pyrrole nitrogens is 1. The molecule has 7 rings (SSSR count). The average molecular weight is 813 g/mol. The number of Topliss-reactive ketones (excluding diaryl/α,β-unsaturated/α-hetero) is 2. The standard InChI is InChI=1S/C49H56N4O7/c1-5-33-12-14-42(60-32(3)55)25-41(57)26-46(36-13-15-47(58)48(23-36)59-4)52-29-37-9-7-11-45(44(37)30-52)53(19-17-31(2)54)49-24-35(16-18-51-49)43(34-8-6-10-40(56)21-34)22-39-28-50-27-38(39)20-33/h6-11,13,15-16,21,23-24,27-30,33,42-43,46,50-51,56,58H,5,12,14,17-20,22,25-26H2,1-4H3/t33-,42-,43+,46-/m1/s1. The number of aromatic hydroxyl groups is 2.